The second-order valence-electron chi connectivity index (χ2n) is 3.95. The molecule has 0 aromatic carbocycles. The topological polar surface area (TPSA) is 50.7 Å². The molecule has 0 spiro atoms. The van der Waals surface area contributed by atoms with Crippen molar-refractivity contribution in [2.45, 2.75) is 32.9 Å². The van der Waals surface area contributed by atoms with E-state index in [2.05, 4.69) is 28.9 Å². The SMILES string of the molecule is COC(=O)C(C)NC1=NC(C(C)C)CS1. The number of amidine groups is 1. The summed E-state index contributed by atoms with van der Waals surface area (Å²) < 4.78 is 4.63. The molecule has 5 heteroatoms. The normalized spacial score (nSPS) is 22.5. The fourth-order valence-corrected chi connectivity index (χ4v) is 2.49. The number of hydrogen-bond acceptors (Lipinski definition) is 5. The molecule has 0 saturated heterocycles. The first-order valence-corrected chi connectivity index (χ1v) is 6.08. The van der Waals surface area contributed by atoms with E-state index in [9.17, 15) is 4.79 Å². The monoisotopic (exact) mass is 230 g/mol. The molecule has 15 heavy (non-hydrogen) atoms. The van der Waals surface area contributed by atoms with Gasteiger partial charge >= 0.3 is 5.97 Å². The Kier molecular flexibility index (Phi) is 4.45. The maximum atomic E-state index is 11.2. The van der Waals surface area contributed by atoms with Crippen LogP contribution >= 0.6 is 11.8 Å². The molecule has 0 bridgehead atoms. The van der Waals surface area contributed by atoms with Crippen LogP contribution in [0.15, 0.2) is 4.99 Å². The Hall–Kier alpha value is -0.710. The Morgan fingerprint density at radius 3 is 2.73 bits per heavy atom. The highest BCUT2D eigenvalue weighted by Gasteiger charge is 2.23. The Labute approximate surface area is 94.9 Å². The number of hydrogen-bond donors (Lipinski definition) is 1. The Bertz CT molecular complexity index is 266. The minimum absolute atomic E-state index is 0.258. The van der Waals surface area contributed by atoms with Crippen molar-refractivity contribution in [1.82, 2.24) is 5.32 Å². The smallest absolute Gasteiger partial charge is 0.328 e. The van der Waals surface area contributed by atoms with Gasteiger partial charge in [-0.3, -0.25) is 4.99 Å². The average Bonchev–Trinajstić information content (AvgIpc) is 2.65. The van der Waals surface area contributed by atoms with E-state index in [1.54, 1.807) is 18.7 Å². The Balaban J connectivity index is 2.47. The predicted octanol–water partition coefficient (Wildman–Crippen LogP) is 1.26. The van der Waals surface area contributed by atoms with Crippen LogP contribution in [0, 0.1) is 5.92 Å². The van der Waals surface area contributed by atoms with Gasteiger partial charge in [-0.1, -0.05) is 25.6 Å². The average molecular weight is 230 g/mol. The molecule has 4 nitrogen and oxygen atoms in total. The van der Waals surface area contributed by atoms with E-state index in [0.717, 1.165) is 10.9 Å². The van der Waals surface area contributed by atoms with Gasteiger partial charge in [-0.25, -0.2) is 4.79 Å². The van der Waals surface area contributed by atoms with Crippen LogP contribution in [0.1, 0.15) is 20.8 Å². The molecule has 1 aliphatic heterocycles. The molecule has 1 aliphatic rings. The first-order chi connectivity index (χ1) is 7.04. The lowest BCUT2D eigenvalue weighted by Crippen LogP contribution is -2.37. The number of carbonyl (C=O) groups excluding carboxylic acids is 1. The van der Waals surface area contributed by atoms with Crippen LogP contribution in [0.2, 0.25) is 0 Å². The quantitative estimate of drug-likeness (QED) is 0.742. The van der Waals surface area contributed by atoms with Gasteiger partial charge in [0.2, 0.25) is 0 Å². The summed E-state index contributed by atoms with van der Waals surface area (Å²) in [6.45, 7) is 6.08. The van der Waals surface area contributed by atoms with E-state index in [1.807, 2.05) is 0 Å². The number of nitrogens with zero attached hydrogens (tertiary/aromatic N) is 1. The highest BCUT2D eigenvalue weighted by molar-refractivity contribution is 8.14. The molecular formula is C10H18N2O2S. The van der Waals surface area contributed by atoms with Crippen molar-refractivity contribution < 1.29 is 9.53 Å². The van der Waals surface area contributed by atoms with Gasteiger partial charge in [0, 0.05) is 5.75 Å². The maximum Gasteiger partial charge on any atom is 0.328 e. The summed E-state index contributed by atoms with van der Waals surface area (Å²) in [7, 11) is 1.39. The minimum Gasteiger partial charge on any atom is -0.467 e. The van der Waals surface area contributed by atoms with Gasteiger partial charge in [0.25, 0.3) is 0 Å². The van der Waals surface area contributed by atoms with E-state index < -0.39 is 0 Å². The summed E-state index contributed by atoms with van der Waals surface area (Å²) in [4.78, 5) is 15.7. The number of aliphatic imine (C=N–C) groups is 1. The summed E-state index contributed by atoms with van der Waals surface area (Å²) in [5.41, 5.74) is 0. The zero-order valence-electron chi connectivity index (χ0n) is 9.61. The van der Waals surface area contributed by atoms with E-state index in [1.165, 1.54) is 7.11 Å². The highest BCUT2D eigenvalue weighted by Crippen LogP contribution is 2.22. The van der Waals surface area contributed by atoms with Gasteiger partial charge in [-0.2, -0.15) is 0 Å². The standard InChI is InChI=1S/C10H18N2O2S/c1-6(2)8-5-15-10(12-8)11-7(3)9(13)14-4/h6-8H,5H2,1-4H3,(H,11,12). The fraction of sp³-hybridized carbons (Fsp3) is 0.800. The van der Waals surface area contributed by atoms with Crippen molar-refractivity contribution in [3.05, 3.63) is 0 Å². The van der Waals surface area contributed by atoms with Gasteiger partial charge in [0.05, 0.1) is 13.2 Å². The van der Waals surface area contributed by atoms with Gasteiger partial charge in [-0.15, -0.1) is 0 Å². The second kappa shape index (κ2) is 5.39. The van der Waals surface area contributed by atoms with Gasteiger partial charge < -0.3 is 10.1 Å². The zero-order chi connectivity index (χ0) is 11.4. The Morgan fingerprint density at radius 2 is 2.27 bits per heavy atom. The first-order valence-electron chi connectivity index (χ1n) is 5.09. The van der Waals surface area contributed by atoms with Crippen LogP contribution in [0.5, 0.6) is 0 Å². The molecule has 0 aromatic heterocycles. The van der Waals surface area contributed by atoms with Crippen LogP contribution in [-0.4, -0.2) is 36.1 Å². The number of ether oxygens (including phenoxy) is 1. The van der Waals surface area contributed by atoms with Crippen molar-refractivity contribution >= 4 is 22.9 Å². The number of rotatable bonds is 3. The molecule has 0 radical (unpaired) electrons. The summed E-state index contributed by atoms with van der Waals surface area (Å²) in [5, 5.41) is 3.91. The summed E-state index contributed by atoms with van der Waals surface area (Å²) in [5.74, 6) is 1.28. The summed E-state index contributed by atoms with van der Waals surface area (Å²) in [6.07, 6.45) is 0. The summed E-state index contributed by atoms with van der Waals surface area (Å²) in [6, 6.07) is 0.0366. The van der Waals surface area contributed by atoms with Crippen LogP contribution in [0.3, 0.4) is 0 Å². The van der Waals surface area contributed by atoms with Crippen LogP contribution in [0.4, 0.5) is 0 Å². The third-order valence-electron chi connectivity index (χ3n) is 2.34. The minimum atomic E-state index is -0.327. The number of carbonyl (C=O) groups is 1. The molecule has 0 amide bonds. The van der Waals surface area contributed by atoms with Crippen LogP contribution in [0.25, 0.3) is 0 Å². The molecule has 0 aromatic rings. The molecule has 2 unspecified atom stereocenters. The molecule has 0 aliphatic carbocycles. The van der Waals surface area contributed by atoms with E-state index in [4.69, 9.17) is 0 Å². The maximum absolute atomic E-state index is 11.2. The van der Waals surface area contributed by atoms with Gasteiger partial charge in [0.15, 0.2) is 5.17 Å². The highest BCUT2D eigenvalue weighted by atomic mass is 32.2. The lowest BCUT2D eigenvalue weighted by Gasteiger charge is -2.11. The molecule has 86 valence electrons. The van der Waals surface area contributed by atoms with Gasteiger partial charge in [0.1, 0.15) is 6.04 Å². The number of methoxy groups -OCH3 is 1. The predicted molar refractivity (Wildman–Crippen MR) is 63.1 cm³/mol. The van der Waals surface area contributed by atoms with Crippen molar-refractivity contribution in [2.24, 2.45) is 10.9 Å². The molecule has 2 atom stereocenters. The molecule has 0 fully saturated rings. The van der Waals surface area contributed by atoms with E-state index in [0.29, 0.717) is 12.0 Å². The number of thioether (sulfide) groups is 1. The third kappa shape index (κ3) is 3.41. The number of esters is 1. The Morgan fingerprint density at radius 1 is 1.60 bits per heavy atom. The molecule has 1 N–H and O–H groups in total. The number of nitrogens with one attached hydrogen (secondary N) is 1. The van der Waals surface area contributed by atoms with E-state index in [-0.39, 0.29) is 12.0 Å². The van der Waals surface area contributed by atoms with Crippen LogP contribution in [-0.2, 0) is 9.53 Å². The lowest BCUT2D eigenvalue weighted by molar-refractivity contribution is -0.142. The van der Waals surface area contributed by atoms with E-state index >= 15 is 0 Å². The first kappa shape index (κ1) is 12.4. The van der Waals surface area contributed by atoms with Crippen LogP contribution < -0.4 is 5.32 Å². The third-order valence-corrected chi connectivity index (χ3v) is 3.34. The molecule has 1 rings (SSSR count). The van der Waals surface area contributed by atoms with Gasteiger partial charge in [-0.05, 0) is 12.8 Å². The molecule has 0 saturated carbocycles. The van der Waals surface area contributed by atoms with Crippen molar-refractivity contribution in [3.8, 4) is 0 Å². The van der Waals surface area contributed by atoms with Crippen molar-refractivity contribution in [1.29, 1.82) is 0 Å². The summed E-state index contributed by atoms with van der Waals surface area (Å²) >= 11 is 1.67. The molecule has 1 heterocycles. The van der Waals surface area contributed by atoms with Crippen molar-refractivity contribution in [2.75, 3.05) is 12.9 Å². The largest absolute Gasteiger partial charge is 0.467 e. The molecular weight excluding hydrogens is 212 g/mol. The second-order valence-corrected chi connectivity index (χ2v) is 4.95. The zero-order valence-corrected chi connectivity index (χ0v) is 10.4. The van der Waals surface area contributed by atoms with Crippen molar-refractivity contribution in [3.63, 3.8) is 0 Å². The lowest BCUT2D eigenvalue weighted by atomic mass is 10.1. The fourth-order valence-electron chi connectivity index (χ4n) is 1.23.